The Hall–Kier alpha value is -1.02. The van der Waals surface area contributed by atoms with E-state index in [0.717, 1.165) is 17.7 Å². The Balaban J connectivity index is 3.21. The molecule has 0 aromatic heterocycles. The summed E-state index contributed by atoms with van der Waals surface area (Å²) >= 11 is 0. The fourth-order valence-corrected chi connectivity index (χ4v) is 1.59. The summed E-state index contributed by atoms with van der Waals surface area (Å²) in [6.45, 7) is 4.11. The Bertz CT molecular complexity index is 259. The third-order valence-corrected chi connectivity index (χ3v) is 2.21. The molecule has 2 heteroatoms. The standard InChI is InChI=1S/C11H17NO/c1-4-9-6-5-7-10(13-3)11(9)8(2)12/h5-8H,4,12H2,1-3H3. The molecule has 0 heterocycles. The molecule has 1 aromatic carbocycles. The van der Waals surface area contributed by atoms with Crippen molar-refractivity contribution in [1.29, 1.82) is 0 Å². The first kappa shape index (κ1) is 10.1. The molecule has 1 atom stereocenters. The van der Waals surface area contributed by atoms with Crippen LogP contribution in [0.4, 0.5) is 0 Å². The topological polar surface area (TPSA) is 35.2 Å². The van der Waals surface area contributed by atoms with E-state index < -0.39 is 0 Å². The molecule has 0 aliphatic heterocycles. The van der Waals surface area contributed by atoms with Gasteiger partial charge in [0.2, 0.25) is 0 Å². The average molecular weight is 179 g/mol. The van der Waals surface area contributed by atoms with Crippen molar-refractivity contribution in [2.45, 2.75) is 26.3 Å². The zero-order valence-electron chi connectivity index (χ0n) is 8.50. The van der Waals surface area contributed by atoms with E-state index in [0.29, 0.717) is 0 Å². The highest BCUT2D eigenvalue weighted by Crippen LogP contribution is 2.27. The number of methoxy groups -OCH3 is 1. The molecule has 0 saturated heterocycles. The van der Waals surface area contributed by atoms with E-state index in [-0.39, 0.29) is 6.04 Å². The van der Waals surface area contributed by atoms with E-state index in [2.05, 4.69) is 13.0 Å². The van der Waals surface area contributed by atoms with Gasteiger partial charge in [0.25, 0.3) is 0 Å². The molecule has 1 aromatic rings. The van der Waals surface area contributed by atoms with Gasteiger partial charge in [0.15, 0.2) is 0 Å². The van der Waals surface area contributed by atoms with Crippen LogP contribution in [0.15, 0.2) is 18.2 Å². The van der Waals surface area contributed by atoms with Crippen molar-refractivity contribution in [2.24, 2.45) is 5.73 Å². The third-order valence-electron chi connectivity index (χ3n) is 2.21. The fourth-order valence-electron chi connectivity index (χ4n) is 1.59. The Labute approximate surface area is 79.7 Å². The van der Waals surface area contributed by atoms with Crippen molar-refractivity contribution < 1.29 is 4.74 Å². The Morgan fingerprint density at radius 2 is 2.15 bits per heavy atom. The summed E-state index contributed by atoms with van der Waals surface area (Å²) in [5.41, 5.74) is 8.29. The van der Waals surface area contributed by atoms with Crippen LogP contribution in [0.1, 0.15) is 31.0 Å². The van der Waals surface area contributed by atoms with Crippen LogP contribution < -0.4 is 10.5 Å². The van der Waals surface area contributed by atoms with Crippen molar-refractivity contribution in [3.8, 4) is 5.75 Å². The van der Waals surface area contributed by atoms with Crippen molar-refractivity contribution in [1.82, 2.24) is 0 Å². The zero-order chi connectivity index (χ0) is 9.84. The number of nitrogens with two attached hydrogens (primary N) is 1. The highest BCUT2D eigenvalue weighted by molar-refractivity contribution is 5.42. The van der Waals surface area contributed by atoms with Gasteiger partial charge >= 0.3 is 0 Å². The van der Waals surface area contributed by atoms with Crippen LogP contribution >= 0.6 is 0 Å². The second kappa shape index (κ2) is 4.28. The van der Waals surface area contributed by atoms with Gasteiger partial charge in [-0.2, -0.15) is 0 Å². The molecule has 0 saturated carbocycles. The predicted molar refractivity (Wildman–Crippen MR) is 55.0 cm³/mol. The first-order valence-corrected chi connectivity index (χ1v) is 4.62. The van der Waals surface area contributed by atoms with Crippen molar-refractivity contribution in [2.75, 3.05) is 7.11 Å². The van der Waals surface area contributed by atoms with Crippen LogP contribution in [0.3, 0.4) is 0 Å². The molecular weight excluding hydrogens is 162 g/mol. The molecule has 72 valence electrons. The fraction of sp³-hybridized carbons (Fsp3) is 0.455. The van der Waals surface area contributed by atoms with E-state index in [4.69, 9.17) is 10.5 Å². The van der Waals surface area contributed by atoms with Gasteiger partial charge in [-0.15, -0.1) is 0 Å². The molecule has 0 spiro atoms. The number of ether oxygens (including phenoxy) is 1. The van der Waals surface area contributed by atoms with Gasteiger partial charge in [-0.1, -0.05) is 19.1 Å². The van der Waals surface area contributed by atoms with Crippen LogP contribution in [-0.4, -0.2) is 7.11 Å². The summed E-state index contributed by atoms with van der Waals surface area (Å²) in [7, 11) is 1.68. The molecule has 0 aliphatic carbocycles. The van der Waals surface area contributed by atoms with Gasteiger partial charge in [0.05, 0.1) is 7.11 Å². The number of hydrogen-bond acceptors (Lipinski definition) is 2. The Morgan fingerprint density at radius 3 is 2.62 bits per heavy atom. The summed E-state index contributed by atoms with van der Waals surface area (Å²) < 4.78 is 5.27. The molecule has 2 N–H and O–H groups in total. The number of rotatable bonds is 3. The van der Waals surface area contributed by atoms with E-state index >= 15 is 0 Å². The molecule has 1 rings (SSSR count). The lowest BCUT2D eigenvalue weighted by Gasteiger charge is -2.15. The predicted octanol–water partition coefficient (Wildman–Crippen LogP) is 2.28. The maximum Gasteiger partial charge on any atom is 0.123 e. The average Bonchev–Trinajstić information content (AvgIpc) is 2.16. The van der Waals surface area contributed by atoms with Crippen LogP contribution in [0, 0.1) is 0 Å². The van der Waals surface area contributed by atoms with Crippen LogP contribution in [0.25, 0.3) is 0 Å². The molecule has 0 fully saturated rings. The summed E-state index contributed by atoms with van der Waals surface area (Å²) in [6.07, 6.45) is 0.994. The first-order chi connectivity index (χ1) is 6.20. The minimum Gasteiger partial charge on any atom is -0.496 e. The van der Waals surface area contributed by atoms with E-state index in [1.54, 1.807) is 7.11 Å². The smallest absolute Gasteiger partial charge is 0.123 e. The summed E-state index contributed by atoms with van der Waals surface area (Å²) in [5.74, 6) is 0.898. The number of benzene rings is 1. The SMILES string of the molecule is CCc1cccc(OC)c1C(C)N. The quantitative estimate of drug-likeness (QED) is 0.772. The summed E-state index contributed by atoms with van der Waals surface area (Å²) in [6, 6.07) is 6.09. The second-order valence-corrected chi connectivity index (χ2v) is 3.18. The Kier molecular flexibility index (Phi) is 3.32. The normalized spacial score (nSPS) is 12.6. The summed E-state index contributed by atoms with van der Waals surface area (Å²) in [5, 5.41) is 0. The molecule has 0 radical (unpaired) electrons. The van der Waals surface area contributed by atoms with Crippen LogP contribution in [-0.2, 0) is 6.42 Å². The molecule has 1 unspecified atom stereocenters. The number of hydrogen-bond donors (Lipinski definition) is 1. The molecule has 2 nitrogen and oxygen atoms in total. The molecule has 0 amide bonds. The molecular formula is C11H17NO. The minimum absolute atomic E-state index is 0.0334. The molecule has 13 heavy (non-hydrogen) atoms. The second-order valence-electron chi connectivity index (χ2n) is 3.18. The highest BCUT2D eigenvalue weighted by atomic mass is 16.5. The van der Waals surface area contributed by atoms with Gasteiger partial charge in [-0.25, -0.2) is 0 Å². The maximum absolute atomic E-state index is 5.89. The van der Waals surface area contributed by atoms with Gasteiger partial charge in [-0.05, 0) is 25.0 Å². The van der Waals surface area contributed by atoms with E-state index in [1.807, 2.05) is 19.1 Å². The van der Waals surface area contributed by atoms with Crippen molar-refractivity contribution >= 4 is 0 Å². The first-order valence-electron chi connectivity index (χ1n) is 4.62. The Morgan fingerprint density at radius 1 is 1.46 bits per heavy atom. The van der Waals surface area contributed by atoms with Gasteiger partial charge in [-0.3, -0.25) is 0 Å². The van der Waals surface area contributed by atoms with Crippen LogP contribution in [0.5, 0.6) is 5.75 Å². The largest absolute Gasteiger partial charge is 0.496 e. The summed E-state index contributed by atoms with van der Waals surface area (Å²) in [4.78, 5) is 0. The van der Waals surface area contributed by atoms with E-state index in [9.17, 15) is 0 Å². The maximum atomic E-state index is 5.89. The number of aryl methyl sites for hydroxylation is 1. The molecule has 0 bridgehead atoms. The van der Waals surface area contributed by atoms with Gasteiger partial charge < -0.3 is 10.5 Å². The lowest BCUT2D eigenvalue weighted by atomic mass is 9.99. The monoisotopic (exact) mass is 179 g/mol. The molecule has 0 aliphatic rings. The van der Waals surface area contributed by atoms with Crippen LogP contribution in [0.2, 0.25) is 0 Å². The zero-order valence-corrected chi connectivity index (χ0v) is 8.50. The third kappa shape index (κ3) is 2.01. The van der Waals surface area contributed by atoms with Crippen molar-refractivity contribution in [3.05, 3.63) is 29.3 Å². The lowest BCUT2D eigenvalue weighted by molar-refractivity contribution is 0.406. The lowest BCUT2D eigenvalue weighted by Crippen LogP contribution is -2.09. The van der Waals surface area contributed by atoms with E-state index in [1.165, 1.54) is 5.56 Å². The highest BCUT2D eigenvalue weighted by Gasteiger charge is 2.10. The van der Waals surface area contributed by atoms with Gasteiger partial charge in [0.1, 0.15) is 5.75 Å². The van der Waals surface area contributed by atoms with Gasteiger partial charge in [0, 0.05) is 11.6 Å². The minimum atomic E-state index is 0.0334. The van der Waals surface area contributed by atoms with Crippen molar-refractivity contribution in [3.63, 3.8) is 0 Å².